The lowest BCUT2D eigenvalue weighted by Crippen LogP contribution is -2.46. The Morgan fingerprint density at radius 2 is 1.75 bits per heavy atom. The molecule has 1 aliphatic carbocycles. The van der Waals surface area contributed by atoms with E-state index in [4.69, 9.17) is 4.74 Å². The van der Waals surface area contributed by atoms with Gasteiger partial charge < -0.3 is 4.74 Å². The van der Waals surface area contributed by atoms with Gasteiger partial charge in [-0.2, -0.15) is 0 Å². The zero-order valence-corrected chi connectivity index (χ0v) is 18.5. The molecule has 28 heavy (non-hydrogen) atoms. The number of ether oxygens (including phenoxy) is 1. The van der Waals surface area contributed by atoms with Gasteiger partial charge in [-0.1, -0.05) is 95.6 Å². The van der Waals surface area contributed by atoms with Gasteiger partial charge in [0.1, 0.15) is 0 Å². The minimum atomic E-state index is 0.0359. The molecular weight excluding hydrogens is 340 g/mol. The summed E-state index contributed by atoms with van der Waals surface area (Å²) < 4.78 is 6.38. The quantitative estimate of drug-likeness (QED) is 0.377. The van der Waals surface area contributed by atoms with Crippen LogP contribution in [0.15, 0.2) is 48.5 Å². The lowest BCUT2D eigenvalue weighted by molar-refractivity contribution is -0.0199. The maximum absolute atomic E-state index is 6.38. The van der Waals surface area contributed by atoms with Crippen molar-refractivity contribution in [1.82, 2.24) is 0 Å². The Morgan fingerprint density at radius 3 is 2.43 bits per heavy atom. The molecule has 0 bridgehead atoms. The van der Waals surface area contributed by atoms with Crippen LogP contribution in [-0.2, 0) is 15.6 Å². The van der Waals surface area contributed by atoms with Crippen molar-refractivity contribution in [3.8, 4) is 0 Å². The number of allylic oxidation sites excluding steroid dienone is 1. The van der Waals surface area contributed by atoms with Crippen LogP contribution < -0.4 is 0 Å². The highest BCUT2D eigenvalue weighted by molar-refractivity contribution is 5.80. The van der Waals surface area contributed by atoms with Crippen molar-refractivity contribution in [2.45, 2.75) is 77.7 Å². The van der Waals surface area contributed by atoms with Crippen LogP contribution in [0.4, 0.5) is 0 Å². The molecule has 1 atom stereocenters. The molecule has 1 aliphatic rings. The van der Waals surface area contributed by atoms with Gasteiger partial charge in [-0.3, -0.25) is 0 Å². The molecule has 2 aromatic carbocycles. The van der Waals surface area contributed by atoms with E-state index in [-0.39, 0.29) is 16.9 Å². The molecule has 1 nitrogen and oxygen atoms in total. The number of fused-ring (bicyclic) bond motifs is 1. The first kappa shape index (κ1) is 20.9. The van der Waals surface area contributed by atoms with Gasteiger partial charge in [0.25, 0.3) is 0 Å². The fourth-order valence-electron chi connectivity index (χ4n) is 4.43. The third-order valence-electron chi connectivity index (χ3n) is 6.40. The summed E-state index contributed by atoms with van der Waals surface area (Å²) in [7, 11) is 0. The van der Waals surface area contributed by atoms with Gasteiger partial charge in [0.15, 0.2) is 0 Å². The molecule has 0 aromatic heterocycles. The first-order valence-electron chi connectivity index (χ1n) is 10.8. The van der Waals surface area contributed by atoms with E-state index in [1.807, 2.05) is 0 Å². The van der Waals surface area contributed by atoms with Gasteiger partial charge in [0, 0.05) is 12.0 Å². The van der Waals surface area contributed by atoms with Crippen LogP contribution in [0.2, 0.25) is 0 Å². The summed E-state index contributed by atoms with van der Waals surface area (Å²) in [5.41, 5.74) is 6.95. The summed E-state index contributed by atoms with van der Waals surface area (Å²) in [4.78, 5) is 0. The topological polar surface area (TPSA) is 9.23 Å². The van der Waals surface area contributed by atoms with Gasteiger partial charge in [-0.15, -0.1) is 0 Å². The molecule has 0 spiro atoms. The SMILES string of the molecule is CCCCOC1CC(C)(C)c2cc(/C(C)=C/c3ccccc3)ccc2C1(C)C. The first-order valence-corrected chi connectivity index (χ1v) is 10.8. The Kier molecular flexibility index (Phi) is 6.15. The highest BCUT2D eigenvalue weighted by atomic mass is 16.5. The van der Waals surface area contributed by atoms with Gasteiger partial charge >= 0.3 is 0 Å². The van der Waals surface area contributed by atoms with E-state index < -0.39 is 0 Å². The standard InChI is InChI=1S/C27H36O/c1-7-8-16-28-25-19-26(3,4)24-18-22(14-15-23(24)27(25,5)6)20(2)17-21-12-10-9-11-13-21/h9-15,17-18,25H,7-8,16,19H2,1-6H3/b20-17+. The predicted molar refractivity (Wildman–Crippen MR) is 122 cm³/mol. The van der Waals surface area contributed by atoms with Crippen LogP contribution in [-0.4, -0.2) is 12.7 Å². The van der Waals surface area contributed by atoms with E-state index in [0.717, 1.165) is 19.4 Å². The summed E-state index contributed by atoms with van der Waals surface area (Å²) in [5.74, 6) is 0. The molecular formula is C27H36O. The van der Waals surface area contributed by atoms with Gasteiger partial charge in [0.05, 0.1) is 6.10 Å². The van der Waals surface area contributed by atoms with Crippen LogP contribution in [0.1, 0.15) is 83.1 Å². The maximum atomic E-state index is 6.38. The minimum Gasteiger partial charge on any atom is -0.377 e. The van der Waals surface area contributed by atoms with Crippen molar-refractivity contribution < 1.29 is 4.74 Å². The molecule has 3 rings (SSSR count). The summed E-state index contributed by atoms with van der Waals surface area (Å²) in [6, 6.07) is 17.6. The van der Waals surface area contributed by atoms with Crippen molar-refractivity contribution in [2.24, 2.45) is 0 Å². The van der Waals surface area contributed by atoms with E-state index in [9.17, 15) is 0 Å². The molecule has 0 heterocycles. The second kappa shape index (κ2) is 8.25. The third-order valence-corrected chi connectivity index (χ3v) is 6.40. The molecule has 0 fully saturated rings. The van der Waals surface area contributed by atoms with Crippen molar-refractivity contribution in [2.75, 3.05) is 6.61 Å². The van der Waals surface area contributed by atoms with E-state index >= 15 is 0 Å². The Bertz CT molecular complexity index is 827. The Labute approximate surface area is 171 Å². The van der Waals surface area contributed by atoms with Crippen LogP contribution in [0.25, 0.3) is 11.6 Å². The van der Waals surface area contributed by atoms with Crippen molar-refractivity contribution in [3.63, 3.8) is 0 Å². The Morgan fingerprint density at radius 1 is 1.04 bits per heavy atom. The van der Waals surface area contributed by atoms with E-state index in [1.54, 1.807) is 0 Å². The smallest absolute Gasteiger partial charge is 0.0674 e. The summed E-state index contributed by atoms with van der Waals surface area (Å²) >= 11 is 0. The number of rotatable bonds is 6. The fourth-order valence-corrected chi connectivity index (χ4v) is 4.43. The monoisotopic (exact) mass is 376 g/mol. The maximum Gasteiger partial charge on any atom is 0.0674 e. The van der Waals surface area contributed by atoms with E-state index in [0.29, 0.717) is 0 Å². The van der Waals surface area contributed by atoms with Crippen molar-refractivity contribution >= 4 is 11.6 Å². The highest BCUT2D eigenvalue weighted by Crippen LogP contribution is 2.47. The van der Waals surface area contributed by atoms with E-state index in [2.05, 4.69) is 96.1 Å². The zero-order chi connectivity index (χ0) is 20.4. The van der Waals surface area contributed by atoms with Gasteiger partial charge in [0.2, 0.25) is 0 Å². The van der Waals surface area contributed by atoms with Crippen LogP contribution in [0, 0.1) is 0 Å². The molecule has 0 saturated heterocycles. The van der Waals surface area contributed by atoms with Gasteiger partial charge in [-0.05, 0) is 53.0 Å². The molecule has 0 aliphatic heterocycles. The molecule has 0 saturated carbocycles. The number of benzene rings is 2. The zero-order valence-electron chi connectivity index (χ0n) is 18.5. The molecule has 1 unspecified atom stereocenters. The molecule has 150 valence electrons. The molecule has 0 amide bonds. The highest BCUT2D eigenvalue weighted by Gasteiger charge is 2.44. The summed E-state index contributed by atoms with van der Waals surface area (Å²) in [5, 5.41) is 0. The van der Waals surface area contributed by atoms with Crippen LogP contribution in [0.5, 0.6) is 0 Å². The lowest BCUT2D eigenvalue weighted by Gasteiger charge is -2.47. The largest absolute Gasteiger partial charge is 0.377 e. The molecule has 0 N–H and O–H groups in total. The number of hydrogen-bond donors (Lipinski definition) is 0. The van der Waals surface area contributed by atoms with Crippen LogP contribution in [0.3, 0.4) is 0 Å². The molecule has 2 aromatic rings. The van der Waals surface area contributed by atoms with Crippen LogP contribution >= 0.6 is 0 Å². The lowest BCUT2D eigenvalue weighted by atomic mass is 9.61. The fraction of sp³-hybridized carbons (Fsp3) is 0.481. The number of unbranched alkanes of at least 4 members (excludes halogenated alkanes) is 1. The van der Waals surface area contributed by atoms with Gasteiger partial charge in [-0.25, -0.2) is 0 Å². The second-order valence-corrected chi connectivity index (χ2v) is 9.52. The molecule has 0 radical (unpaired) electrons. The first-order chi connectivity index (χ1) is 13.3. The molecule has 1 heteroatoms. The normalized spacial score (nSPS) is 20.6. The number of hydrogen-bond acceptors (Lipinski definition) is 1. The predicted octanol–water partition coefficient (Wildman–Crippen LogP) is 7.39. The Hall–Kier alpha value is -1.86. The summed E-state index contributed by atoms with van der Waals surface area (Å²) in [6.07, 6.45) is 5.95. The third kappa shape index (κ3) is 4.25. The average molecular weight is 377 g/mol. The second-order valence-electron chi connectivity index (χ2n) is 9.52. The Balaban J connectivity index is 1.95. The van der Waals surface area contributed by atoms with Crippen molar-refractivity contribution in [1.29, 1.82) is 0 Å². The minimum absolute atomic E-state index is 0.0359. The summed E-state index contributed by atoms with van der Waals surface area (Å²) in [6.45, 7) is 14.8. The van der Waals surface area contributed by atoms with Crippen molar-refractivity contribution in [3.05, 3.63) is 70.8 Å². The van der Waals surface area contributed by atoms with E-state index in [1.165, 1.54) is 34.2 Å². The average Bonchev–Trinajstić information content (AvgIpc) is 2.66.